The Morgan fingerprint density at radius 3 is 1.75 bits per heavy atom. The van der Waals surface area contributed by atoms with Gasteiger partial charge in [0.15, 0.2) is 0 Å². The molecule has 0 saturated carbocycles. The van der Waals surface area contributed by atoms with Crippen molar-refractivity contribution in [2.45, 2.75) is 0 Å². The van der Waals surface area contributed by atoms with Gasteiger partial charge in [-0.05, 0) is 23.1 Å². The number of benzene rings is 1. The zero-order valence-corrected chi connectivity index (χ0v) is 5.35. The van der Waals surface area contributed by atoms with E-state index in [4.69, 9.17) is 0 Å². The number of hydrogen-bond acceptors (Lipinski definition) is 0. The van der Waals surface area contributed by atoms with E-state index >= 15 is 0 Å². The Bertz CT molecular complexity index is 138. The van der Waals surface area contributed by atoms with Crippen LogP contribution in [0.15, 0.2) is 34.8 Å². The van der Waals surface area contributed by atoms with E-state index in [-0.39, 0.29) is 11.0 Å². The summed E-state index contributed by atoms with van der Waals surface area (Å²) in [6, 6.07) is 9.97. The van der Waals surface area contributed by atoms with Crippen LogP contribution in [0.25, 0.3) is 0 Å². The molecule has 0 bridgehead atoms. The molecule has 8 heavy (non-hydrogen) atoms. The highest BCUT2D eigenvalue weighted by atomic mass is 79.9. The van der Waals surface area contributed by atoms with Gasteiger partial charge < -0.3 is 0 Å². The predicted molar refractivity (Wildman–Crippen MR) is 45.5 cm³/mol. The third-order valence-electron chi connectivity index (χ3n) is 0.733. The molecule has 0 amide bonds. The average Bonchev–Trinajstić information content (AvgIpc) is 1.69. The first-order valence-corrected chi connectivity index (χ1v) is 2.89. The number of rotatable bonds is 0. The Hall–Kier alpha value is -0.0831. The molecule has 0 aliphatic heterocycles. The Kier molecular flexibility index (Phi) is 3.82. The summed E-state index contributed by atoms with van der Waals surface area (Å²) in [6.07, 6.45) is 0. The largest absolute Gasteiger partial charge is 0.0622 e. The summed E-state index contributed by atoms with van der Waals surface area (Å²) in [5.41, 5.74) is 0. The molecular formula is C6H9BrSi. The fraction of sp³-hybridized carbons (Fsp3) is 0. The Balaban J connectivity index is 0.000000490. The fourth-order valence-electron chi connectivity index (χ4n) is 0.415. The van der Waals surface area contributed by atoms with E-state index in [0.717, 1.165) is 4.47 Å². The van der Waals surface area contributed by atoms with Gasteiger partial charge in [-0.25, -0.2) is 0 Å². The van der Waals surface area contributed by atoms with Gasteiger partial charge in [-0.1, -0.05) is 34.1 Å². The van der Waals surface area contributed by atoms with Gasteiger partial charge in [0.05, 0.1) is 0 Å². The van der Waals surface area contributed by atoms with Crippen molar-refractivity contribution in [3.8, 4) is 0 Å². The van der Waals surface area contributed by atoms with Crippen LogP contribution >= 0.6 is 15.9 Å². The van der Waals surface area contributed by atoms with Crippen LogP contribution in [0.1, 0.15) is 0 Å². The van der Waals surface area contributed by atoms with Gasteiger partial charge in [0.25, 0.3) is 0 Å². The lowest BCUT2D eigenvalue weighted by atomic mass is 10.4. The molecule has 0 unspecified atom stereocenters. The van der Waals surface area contributed by atoms with Crippen LogP contribution in [-0.4, -0.2) is 11.0 Å². The summed E-state index contributed by atoms with van der Waals surface area (Å²) in [5.74, 6) is 0. The molecule has 1 aromatic rings. The summed E-state index contributed by atoms with van der Waals surface area (Å²) in [7, 11) is 0. The lowest BCUT2D eigenvalue weighted by Crippen LogP contribution is -1.55. The molecule has 0 aliphatic carbocycles. The highest BCUT2D eigenvalue weighted by molar-refractivity contribution is 9.10. The molecule has 0 saturated heterocycles. The van der Waals surface area contributed by atoms with Crippen LogP contribution < -0.4 is 0 Å². The zero-order valence-electron chi connectivity index (χ0n) is 3.76. The van der Waals surface area contributed by atoms with Gasteiger partial charge in [-0.15, -0.1) is 0 Å². The van der Waals surface area contributed by atoms with Gasteiger partial charge in [-0.3, -0.25) is 0 Å². The highest BCUT2D eigenvalue weighted by Gasteiger charge is 1.74. The standard InChI is InChI=1S/C6H5Br.H4Si/c7-6-4-2-1-3-5-6;/h1-5H;1H4. The molecular weight excluding hydrogens is 180 g/mol. The lowest BCUT2D eigenvalue weighted by molar-refractivity contribution is 1.66. The van der Waals surface area contributed by atoms with Gasteiger partial charge in [0.2, 0.25) is 0 Å². The quantitative estimate of drug-likeness (QED) is 0.534. The predicted octanol–water partition coefficient (Wildman–Crippen LogP) is 0.997. The third-order valence-corrected chi connectivity index (χ3v) is 1.26. The summed E-state index contributed by atoms with van der Waals surface area (Å²) in [6.45, 7) is 0. The van der Waals surface area contributed by atoms with E-state index in [2.05, 4.69) is 15.9 Å². The zero-order chi connectivity index (χ0) is 5.11. The number of halogens is 1. The van der Waals surface area contributed by atoms with Crippen LogP contribution in [0.2, 0.25) is 0 Å². The molecule has 0 spiro atoms. The minimum atomic E-state index is 0. The van der Waals surface area contributed by atoms with Gasteiger partial charge in [0, 0.05) is 4.47 Å². The van der Waals surface area contributed by atoms with Crippen molar-refractivity contribution in [2.24, 2.45) is 0 Å². The molecule has 0 radical (unpaired) electrons. The fourth-order valence-corrected chi connectivity index (χ4v) is 0.720. The van der Waals surface area contributed by atoms with E-state index in [9.17, 15) is 0 Å². The van der Waals surface area contributed by atoms with E-state index in [1.54, 1.807) is 0 Å². The van der Waals surface area contributed by atoms with Gasteiger partial charge in [0.1, 0.15) is 0 Å². The Labute approximate surface area is 62.1 Å². The van der Waals surface area contributed by atoms with Crippen LogP contribution in [0.4, 0.5) is 0 Å². The van der Waals surface area contributed by atoms with Crippen molar-refractivity contribution in [1.29, 1.82) is 0 Å². The van der Waals surface area contributed by atoms with Gasteiger partial charge >= 0.3 is 0 Å². The van der Waals surface area contributed by atoms with Gasteiger partial charge in [-0.2, -0.15) is 0 Å². The maximum atomic E-state index is 3.31. The topological polar surface area (TPSA) is 0 Å². The minimum Gasteiger partial charge on any atom is -0.0622 e. The Morgan fingerprint density at radius 2 is 1.50 bits per heavy atom. The first-order valence-electron chi connectivity index (χ1n) is 2.10. The lowest BCUT2D eigenvalue weighted by Gasteiger charge is -1.80. The van der Waals surface area contributed by atoms with E-state index in [0.29, 0.717) is 0 Å². The number of hydrogen-bond donors (Lipinski definition) is 0. The third kappa shape index (κ3) is 2.28. The molecule has 1 rings (SSSR count). The van der Waals surface area contributed by atoms with E-state index < -0.39 is 0 Å². The van der Waals surface area contributed by atoms with E-state index in [1.807, 2.05) is 30.3 Å². The summed E-state index contributed by atoms with van der Waals surface area (Å²) in [4.78, 5) is 0. The molecule has 2 heteroatoms. The molecule has 0 nitrogen and oxygen atoms in total. The minimum absolute atomic E-state index is 0. The van der Waals surface area contributed by atoms with Crippen LogP contribution in [0, 0.1) is 0 Å². The monoisotopic (exact) mass is 188 g/mol. The van der Waals surface area contributed by atoms with Crippen LogP contribution in [0.3, 0.4) is 0 Å². The molecule has 0 aromatic heterocycles. The van der Waals surface area contributed by atoms with Crippen molar-refractivity contribution >= 4 is 26.9 Å². The second-order valence-corrected chi connectivity index (χ2v) is 2.21. The molecule has 0 N–H and O–H groups in total. The average molecular weight is 189 g/mol. The Morgan fingerprint density at radius 1 is 1.00 bits per heavy atom. The first kappa shape index (κ1) is 7.92. The molecule has 0 heterocycles. The summed E-state index contributed by atoms with van der Waals surface area (Å²) >= 11 is 3.31. The molecule has 0 atom stereocenters. The molecule has 44 valence electrons. The maximum absolute atomic E-state index is 3.31. The summed E-state index contributed by atoms with van der Waals surface area (Å²) in [5, 5.41) is 0. The molecule has 1 aromatic carbocycles. The van der Waals surface area contributed by atoms with Crippen LogP contribution in [-0.2, 0) is 0 Å². The smallest absolute Gasteiger partial charge is 0.0175 e. The van der Waals surface area contributed by atoms with Crippen LogP contribution in [0.5, 0.6) is 0 Å². The summed E-state index contributed by atoms with van der Waals surface area (Å²) < 4.78 is 1.13. The SMILES string of the molecule is Brc1ccccc1.[SiH4]. The van der Waals surface area contributed by atoms with Crippen molar-refractivity contribution in [3.05, 3.63) is 34.8 Å². The van der Waals surface area contributed by atoms with Crippen molar-refractivity contribution < 1.29 is 0 Å². The maximum Gasteiger partial charge on any atom is 0.0175 e. The first-order chi connectivity index (χ1) is 3.39. The second-order valence-electron chi connectivity index (χ2n) is 1.30. The van der Waals surface area contributed by atoms with E-state index in [1.165, 1.54) is 0 Å². The molecule has 0 fully saturated rings. The van der Waals surface area contributed by atoms with Crippen molar-refractivity contribution in [1.82, 2.24) is 0 Å². The molecule has 0 aliphatic rings. The highest BCUT2D eigenvalue weighted by Crippen LogP contribution is 2.05. The second kappa shape index (κ2) is 3.86. The van der Waals surface area contributed by atoms with Crippen molar-refractivity contribution in [2.75, 3.05) is 0 Å². The normalized spacial score (nSPS) is 7.62. The van der Waals surface area contributed by atoms with Crippen molar-refractivity contribution in [3.63, 3.8) is 0 Å².